The second kappa shape index (κ2) is 8.76. The minimum Gasteiger partial charge on any atom is -0.292 e. The van der Waals surface area contributed by atoms with E-state index in [1.54, 1.807) is 0 Å². The molecule has 0 heterocycles. The Balaban J connectivity index is 0. The molecule has 0 N–H and O–H groups in total. The summed E-state index contributed by atoms with van der Waals surface area (Å²) in [7, 11) is 0. The molecule has 0 amide bonds. The molecule has 1 nitrogen and oxygen atoms in total. The van der Waals surface area contributed by atoms with Gasteiger partial charge in [0.1, 0.15) is 0 Å². The van der Waals surface area contributed by atoms with Crippen LogP contribution in [0.25, 0.3) is 0 Å². The Morgan fingerprint density at radius 1 is 0.552 bits per heavy atom. The molecule has 0 saturated heterocycles. The third kappa shape index (κ3) is 5.52. The molecule has 0 aromatic heterocycles. The first-order chi connectivity index (χ1) is 12.4. The average molecular weight is 474 g/mol. The lowest BCUT2D eigenvalue weighted by Crippen LogP contribution is -2.66. The van der Waals surface area contributed by atoms with E-state index >= 15 is 0 Å². The van der Waals surface area contributed by atoms with Crippen LogP contribution < -0.4 is 0 Å². The number of halogens is 17. The summed E-state index contributed by atoms with van der Waals surface area (Å²) in [6, 6.07) is 0. The maximum Gasteiger partial charge on any atom is 0.460 e. The first kappa shape index (κ1) is 29.2. The summed E-state index contributed by atoms with van der Waals surface area (Å²) in [5.74, 6) is -38.6. The van der Waals surface area contributed by atoms with Crippen LogP contribution in [-0.4, -0.2) is 35.6 Å². The summed E-state index contributed by atoms with van der Waals surface area (Å²) in [6.45, 7) is 0.731. The van der Waals surface area contributed by atoms with E-state index in [1.165, 1.54) is 0 Å². The van der Waals surface area contributed by atoms with Crippen LogP contribution in [0.15, 0.2) is 23.8 Å². The number of allylic oxidation sites excluding steroid dienone is 2. The van der Waals surface area contributed by atoms with Crippen molar-refractivity contribution < 1.29 is 79.4 Å². The molecule has 29 heavy (non-hydrogen) atoms. The number of hydrogen-bond acceptors (Lipinski definition) is 1. The van der Waals surface area contributed by atoms with E-state index in [0.717, 1.165) is 6.92 Å². The van der Waals surface area contributed by atoms with Crippen LogP contribution >= 0.6 is 0 Å². The van der Waals surface area contributed by atoms with Crippen molar-refractivity contribution in [3.05, 3.63) is 23.8 Å². The summed E-state index contributed by atoms with van der Waals surface area (Å²) in [6.07, 6.45) is -14.3. The summed E-state index contributed by atoms with van der Waals surface area (Å²) in [4.78, 5) is 9.67. The fraction of sp³-hybridized carbons (Fsp3) is 0.545. The third-order valence-electron chi connectivity index (χ3n) is 2.46. The summed E-state index contributed by atoms with van der Waals surface area (Å²) >= 11 is 0. The summed E-state index contributed by atoms with van der Waals surface area (Å²) < 4.78 is 202. The third-order valence-corrected chi connectivity index (χ3v) is 2.46. The van der Waals surface area contributed by atoms with Crippen LogP contribution in [0.1, 0.15) is 6.92 Å². The van der Waals surface area contributed by atoms with Crippen molar-refractivity contribution in [1.29, 1.82) is 0 Å². The van der Waals surface area contributed by atoms with Gasteiger partial charge in [0.25, 0.3) is 0 Å². The summed E-state index contributed by atoms with van der Waals surface area (Å²) in [5.41, 5.74) is 0. The number of hydrogen-bond donors (Lipinski definition) is 0. The van der Waals surface area contributed by atoms with Crippen molar-refractivity contribution in [2.45, 2.75) is 36.8 Å². The number of Topliss-reactive ketones (excluding diaryl/α,β-unsaturated/α-hetero) is 1. The SMILES string of the molecule is CC(=O)C(F)=C(F)F.FC(F)=C(F)C(F)(F)C(F)(F)C(F)(F)C(F)(F)C(F)(F)F. The van der Waals surface area contributed by atoms with Crippen molar-refractivity contribution in [2.24, 2.45) is 0 Å². The average Bonchev–Trinajstić information content (AvgIpc) is 2.51. The van der Waals surface area contributed by atoms with Gasteiger partial charge < -0.3 is 0 Å². The molecular formula is C11H3F17O. The second-order valence-corrected chi connectivity index (χ2v) is 4.50. The van der Waals surface area contributed by atoms with Gasteiger partial charge >= 0.3 is 42.0 Å². The van der Waals surface area contributed by atoms with Crippen molar-refractivity contribution >= 4 is 5.78 Å². The normalized spacial score (nSPS) is 13.3. The van der Waals surface area contributed by atoms with Crippen LogP contribution in [0.4, 0.5) is 74.6 Å². The van der Waals surface area contributed by atoms with Crippen molar-refractivity contribution in [2.75, 3.05) is 0 Å². The Hall–Kier alpha value is -2.04. The molecule has 0 atom stereocenters. The van der Waals surface area contributed by atoms with Gasteiger partial charge in [-0.15, -0.1) is 0 Å². The van der Waals surface area contributed by atoms with E-state index in [-0.39, 0.29) is 0 Å². The van der Waals surface area contributed by atoms with Crippen LogP contribution in [-0.2, 0) is 4.79 Å². The molecule has 172 valence electrons. The van der Waals surface area contributed by atoms with E-state index in [1.807, 2.05) is 0 Å². The van der Waals surface area contributed by atoms with E-state index in [2.05, 4.69) is 0 Å². The molecule has 18 heteroatoms. The lowest BCUT2D eigenvalue weighted by molar-refractivity contribution is -0.419. The standard InChI is InChI=1S/C7F14.C4H3F3O/c8-1(2(9)10)3(11,12)4(13,14)5(15,16)6(17,18)7(19,20)21;1-2(8)3(5)4(6)7/h;1H3. The predicted molar refractivity (Wildman–Crippen MR) is 57.2 cm³/mol. The van der Waals surface area contributed by atoms with Gasteiger partial charge in [0.2, 0.25) is 11.7 Å². The van der Waals surface area contributed by atoms with E-state index in [0.29, 0.717) is 0 Å². The molecule has 0 aromatic rings. The zero-order valence-electron chi connectivity index (χ0n) is 12.8. The zero-order chi connectivity index (χ0) is 24.4. The van der Waals surface area contributed by atoms with Crippen LogP contribution in [0.5, 0.6) is 0 Å². The molecule has 0 fully saturated rings. The molecule has 0 unspecified atom stereocenters. The minimum atomic E-state index is -7.92. The topological polar surface area (TPSA) is 17.1 Å². The lowest BCUT2D eigenvalue weighted by atomic mass is 9.97. The fourth-order valence-electron chi connectivity index (χ4n) is 0.962. The van der Waals surface area contributed by atoms with Gasteiger partial charge in [-0.05, 0) is 0 Å². The highest BCUT2D eigenvalue weighted by atomic mass is 19.4. The van der Waals surface area contributed by atoms with Gasteiger partial charge in [0.15, 0.2) is 5.78 Å². The number of ketones is 1. The zero-order valence-corrected chi connectivity index (χ0v) is 12.8. The first-order valence-corrected chi connectivity index (χ1v) is 5.92. The van der Waals surface area contributed by atoms with Gasteiger partial charge in [0, 0.05) is 6.92 Å². The molecule has 0 radical (unpaired) electrons. The van der Waals surface area contributed by atoms with E-state index in [9.17, 15) is 79.4 Å². The van der Waals surface area contributed by atoms with Crippen molar-refractivity contribution in [3.8, 4) is 0 Å². The number of rotatable bonds is 5. The quantitative estimate of drug-likeness (QED) is 0.316. The Morgan fingerprint density at radius 3 is 1.07 bits per heavy atom. The molecule has 0 rings (SSSR count). The summed E-state index contributed by atoms with van der Waals surface area (Å²) in [5, 5.41) is 0. The molecule has 0 aromatic carbocycles. The molecule has 0 aliphatic rings. The molecular weight excluding hydrogens is 471 g/mol. The van der Waals surface area contributed by atoms with Gasteiger partial charge in [-0.1, -0.05) is 0 Å². The second-order valence-electron chi connectivity index (χ2n) is 4.50. The maximum absolute atomic E-state index is 12.5. The van der Waals surface area contributed by atoms with Crippen LogP contribution in [0.2, 0.25) is 0 Å². The molecule has 0 spiro atoms. The van der Waals surface area contributed by atoms with Crippen molar-refractivity contribution in [3.63, 3.8) is 0 Å². The van der Waals surface area contributed by atoms with Gasteiger partial charge in [-0.3, -0.25) is 4.79 Å². The highest BCUT2D eigenvalue weighted by Crippen LogP contribution is 2.59. The maximum atomic E-state index is 12.5. The van der Waals surface area contributed by atoms with E-state index in [4.69, 9.17) is 0 Å². The Labute approximate surface area is 147 Å². The first-order valence-electron chi connectivity index (χ1n) is 5.92. The Morgan fingerprint density at radius 2 is 0.897 bits per heavy atom. The van der Waals surface area contributed by atoms with Gasteiger partial charge in [-0.25, -0.2) is 0 Å². The Bertz CT molecular complexity index is 659. The van der Waals surface area contributed by atoms with Gasteiger partial charge in [-0.2, -0.15) is 74.6 Å². The van der Waals surface area contributed by atoms with Crippen LogP contribution in [0, 0.1) is 0 Å². The van der Waals surface area contributed by atoms with Crippen molar-refractivity contribution in [1.82, 2.24) is 0 Å². The largest absolute Gasteiger partial charge is 0.460 e. The smallest absolute Gasteiger partial charge is 0.292 e. The fourth-order valence-corrected chi connectivity index (χ4v) is 0.962. The number of carbonyl (C=O) groups excluding carboxylic acids is 1. The minimum absolute atomic E-state index is 0.731. The number of alkyl halides is 11. The predicted octanol–water partition coefficient (Wildman–Crippen LogP) is 6.82. The monoisotopic (exact) mass is 474 g/mol. The molecule has 0 aliphatic carbocycles. The van der Waals surface area contributed by atoms with Crippen LogP contribution in [0.3, 0.4) is 0 Å². The highest BCUT2D eigenvalue weighted by Gasteiger charge is 2.88. The Kier molecular flexibility index (Phi) is 8.81. The molecule has 0 saturated carbocycles. The number of carbonyl (C=O) groups is 1. The lowest BCUT2D eigenvalue weighted by Gasteiger charge is -2.36. The molecule has 0 bridgehead atoms. The van der Waals surface area contributed by atoms with Gasteiger partial charge in [0.05, 0.1) is 0 Å². The molecule has 0 aliphatic heterocycles. The van der Waals surface area contributed by atoms with E-state index < -0.39 is 59.5 Å². The highest BCUT2D eigenvalue weighted by molar-refractivity contribution is 5.91.